The van der Waals surface area contributed by atoms with E-state index in [1.165, 1.54) is 13.2 Å². The van der Waals surface area contributed by atoms with E-state index in [4.69, 9.17) is 15.2 Å². The standard InChI is InChI=1S/C23H22BrN3O6S/c1-12-13(2)16(6-5-15(12)24)26-21(29)11-33-17-7-4-14(8-18(17)32-3)9-19-22(30)27(10-20(25)28)23(31)34-19/h4-9H,10-11H2,1-3H3,(H2,25,28)(H,26,29)/b19-9-. The Kier molecular flexibility index (Phi) is 8.00. The van der Waals surface area contributed by atoms with E-state index in [1.54, 1.807) is 18.2 Å². The highest BCUT2D eigenvalue weighted by atomic mass is 79.9. The zero-order chi connectivity index (χ0) is 25.0. The lowest BCUT2D eigenvalue weighted by molar-refractivity contribution is -0.127. The van der Waals surface area contributed by atoms with Crippen LogP contribution in [0.15, 0.2) is 39.7 Å². The molecule has 0 aromatic heterocycles. The Morgan fingerprint density at radius 1 is 1.15 bits per heavy atom. The van der Waals surface area contributed by atoms with Gasteiger partial charge in [0.05, 0.1) is 12.0 Å². The molecule has 1 heterocycles. The van der Waals surface area contributed by atoms with E-state index in [9.17, 15) is 19.2 Å². The average molecular weight is 548 g/mol. The second kappa shape index (κ2) is 10.7. The maximum Gasteiger partial charge on any atom is 0.294 e. The minimum absolute atomic E-state index is 0.154. The fraction of sp³-hybridized carbons (Fsp3) is 0.217. The van der Waals surface area contributed by atoms with Crippen molar-refractivity contribution in [1.29, 1.82) is 0 Å². The molecule has 3 N–H and O–H groups in total. The molecule has 0 bridgehead atoms. The number of carbonyl (C=O) groups is 4. The summed E-state index contributed by atoms with van der Waals surface area (Å²) in [5.41, 5.74) is 8.33. The predicted octanol–water partition coefficient (Wildman–Crippen LogP) is 3.61. The summed E-state index contributed by atoms with van der Waals surface area (Å²) in [6.07, 6.45) is 1.50. The third-order valence-electron chi connectivity index (χ3n) is 5.03. The number of hydrogen-bond donors (Lipinski definition) is 2. The van der Waals surface area contributed by atoms with Crippen molar-refractivity contribution in [3.05, 3.63) is 56.4 Å². The van der Waals surface area contributed by atoms with Crippen LogP contribution < -0.4 is 20.5 Å². The Bertz CT molecular complexity index is 1210. The van der Waals surface area contributed by atoms with Crippen LogP contribution >= 0.6 is 27.7 Å². The smallest absolute Gasteiger partial charge is 0.294 e. The largest absolute Gasteiger partial charge is 0.493 e. The summed E-state index contributed by atoms with van der Waals surface area (Å²) in [5.74, 6) is -1.03. The zero-order valence-electron chi connectivity index (χ0n) is 18.6. The third kappa shape index (κ3) is 5.78. The van der Waals surface area contributed by atoms with E-state index in [0.29, 0.717) is 22.7 Å². The molecule has 4 amide bonds. The highest BCUT2D eigenvalue weighted by Crippen LogP contribution is 2.34. The van der Waals surface area contributed by atoms with Crippen molar-refractivity contribution < 1.29 is 28.7 Å². The van der Waals surface area contributed by atoms with Crippen LogP contribution in [0.3, 0.4) is 0 Å². The second-order valence-electron chi connectivity index (χ2n) is 7.33. The fourth-order valence-corrected chi connectivity index (χ4v) is 4.36. The summed E-state index contributed by atoms with van der Waals surface area (Å²) in [5, 5.41) is 2.26. The first-order valence-corrected chi connectivity index (χ1v) is 11.6. The molecule has 9 nitrogen and oxygen atoms in total. The molecule has 0 spiro atoms. The molecule has 1 aliphatic rings. The quantitative estimate of drug-likeness (QED) is 0.483. The van der Waals surface area contributed by atoms with E-state index in [-0.39, 0.29) is 17.4 Å². The first-order valence-electron chi connectivity index (χ1n) is 10.0. The number of amides is 4. The number of halogens is 1. The van der Waals surface area contributed by atoms with Gasteiger partial charge < -0.3 is 20.5 Å². The first kappa shape index (κ1) is 25.3. The van der Waals surface area contributed by atoms with Gasteiger partial charge in [-0.25, -0.2) is 0 Å². The van der Waals surface area contributed by atoms with Crippen LogP contribution in [0.2, 0.25) is 0 Å². The molecule has 11 heteroatoms. The van der Waals surface area contributed by atoms with Gasteiger partial charge in [-0.15, -0.1) is 0 Å². The normalized spacial score (nSPS) is 14.5. The molecule has 0 atom stereocenters. The van der Waals surface area contributed by atoms with Gasteiger partial charge in [0.1, 0.15) is 6.54 Å². The Morgan fingerprint density at radius 3 is 2.56 bits per heavy atom. The Balaban J connectivity index is 1.69. The average Bonchev–Trinajstić information content (AvgIpc) is 3.05. The summed E-state index contributed by atoms with van der Waals surface area (Å²) >= 11 is 4.18. The van der Waals surface area contributed by atoms with E-state index in [0.717, 1.165) is 32.3 Å². The summed E-state index contributed by atoms with van der Waals surface area (Å²) in [7, 11) is 1.45. The van der Waals surface area contributed by atoms with Crippen LogP contribution in [-0.4, -0.2) is 48.1 Å². The molecule has 0 unspecified atom stereocenters. The highest BCUT2D eigenvalue weighted by Gasteiger charge is 2.35. The van der Waals surface area contributed by atoms with Gasteiger partial charge in [-0.05, 0) is 72.6 Å². The van der Waals surface area contributed by atoms with Crippen molar-refractivity contribution in [2.45, 2.75) is 13.8 Å². The van der Waals surface area contributed by atoms with Gasteiger partial charge in [0.15, 0.2) is 18.1 Å². The van der Waals surface area contributed by atoms with Gasteiger partial charge in [-0.3, -0.25) is 24.1 Å². The molecule has 1 saturated heterocycles. The number of thioether (sulfide) groups is 1. The molecule has 0 aliphatic carbocycles. The molecule has 1 aliphatic heterocycles. The maximum atomic E-state index is 12.4. The summed E-state index contributed by atoms with van der Waals surface area (Å²) in [4.78, 5) is 48.8. The Morgan fingerprint density at radius 2 is 1.88 bits per heavy atom. The second-order valence-corrected chi connectivity index (χ2v) is 9.17. The number of anilines is 1. The van der Waals surface area contributed by atoms with Crippen molar-refractivity contribution in [3.63, 3.8) is 0 Å². The van der Waals surface area contributed by atoms with Crippen molar-refractivity contribution in [2.75, 3.05) is 25.6 Å². The van der Waals surface area contributed by atoms with Crippen molar-refractivity contribution in [2.24, 2.45) is 5.73 Å². The number of imide groups is 1. The van der Waals surface area contributed by atoms with Gasteiger partial charge in [-0.1, -0.05) is 22.0 Å². The van der Waals surface area contributed by atoms with Crippen LogP contribution in [0.5, 0.6) is 11.5 Å². The number of hydrogen-bond acceptors (Lipinski definition) is 7. The molecule has 1 fully saturated rings. The molecule has 2 aromatic rings. The monoisotopic (exact) mass is 547 g/mol. The predicted molar refractivity (Wildman–Crippen MR) is 133 cm³/mol. The number of ether oxygens (including phenoxy) is 2. The topological polar surface area (TPSA) is 128 Å². The molecule has 0 radical (unpaired) electrons. The Hall–Kier alpha value is -3.31. The molecule has 3 rings (SSSR count). The number of benzene rings is 2. The van der Waals surface area contributed by atoms with Crippen molar-refractivity contribution in [3.8, 4) is 11.5 Å². The number of primary amides is 1. The zero-order valence-corrected chi connectivity index (χ0v) is 21.0. The van der Waals surface area contributed by atoms with Gasteiger partial charge >= 0.3 is 0 Å². The SMILES string of the molecule is COc1cc(/C=C2\SC(=O)N(CC(N)=O)C2=O)ccc1OCC(=O)Nc1ccc(Br)c(C)c1C. The van der Waals surface area contributed by atoms with Crippen LogP contribution in [-0.2, 0) is 14.4 Å². The van der Waals surface area contributed by atoms with Gasteiger partial charge in [-0.2, -0.15) is 0 Å². The molecule has 0 saturated carbocycles. The number of methoxy groups -OCH3 is 1. The van der Waals surface area contributed by atoms with Crippen molar-refractivity contribution in [1.82, 2.24) is 4.90 Å². The molecule has 178 valence electrons. The van der Waals surface area contributed by atoms with Crippen LogP contribution in [0.25, 0.3) is 6.08 Å². The number of rotatable bonds is 8. The first-order chi connectivity index (χ1) is 16.1. The summed E-state index contributed by atoms with van der Waals surface area (Å²) in [6, 6.07) is 8.53. The number of nitrogens with zero attached hydrogens (tertiary/aromatic N) is 1. The molecular weight excluding hydrogens is 526 g/mol. The maximum absolute atomic E-state index is 12.4. The lowest BCUT2D eigenvalue weighted by Gasteiger charge is -2.14. The van der Waals surface area contributed by atoms with Gasteiger partial charge in [0, 0.05) is 10.2 Å². The van der Waals surface area contributed by atoms with Crippen LogP contribution in [0, 0.1) is 13.8 Å². The van der Waals surface area contributed by atoms with E-state index >= 15 is 0 Å². The van der Waals surface area contributed by atoms with Crippen LogP contribution in [0.1, 0.15) is 16.7 Å². The molecule has 2 aromatic carbocycles. The lowest BCUT2D eigenvalue weighted by atomic mass is 10.1. The minimum atomic E-state index is -0.777. The third-order valence-corrected chi connectivity index (χ3v) is 6.79. The van der Waals surface area contributed by atoms with Gasteiger partial charge in [0.2, 0.25) is 5.91 Å². The van der Waals surface area contributed by atoms with E-state index in [1.807, 2.05) is 26.0 Å². The minimum Gasteiger partial charge on any atom is -0.493 e. The number of carbonyl (C=O) groups excluding carboxylic acids is 4. The summed E-state index contributed by atoms with van der Waals surface area (Å²) in [6.45, 7) is 3.16. The van der Waals surface area contributed by atoms with E-state index < -0.39 is 23.6 Å². The highest BCUT2D eigenvalue weighted by molar-refractivity contribution is 9.10. The number of nitrogens with two attached hydrogens (primary N) is 1. The van der Waals surface area contributed by atoms with Crippen LogP contribution in [0.4, 0.5) is 10.5 Å². The lowest BCUT2D eigenvalue weighted by Crippen LogP contribution is -2.36. The fourth-order valence-electron chi connectivity index (χ4n) is 3.09. The molecule has 34 heavy (non-hydrogen) atoms. The van der Waals surface area contributed by atoms with Crippen molar-refractivity contribution >= 4 is 62.4 Å². The van der Waals surface area contributed by atoms with Gasteiger partial charge in [0.25, 0.3) is 17.1 Å². The number of nitrogens with one attached hydrogen (secondary N) is 1. The van der Waals surface area contributed by atoms with E-state index in [2.05, 4.69) is 21.2 Å². The summed E-state index contributed by atoms with van der Waals surface area (Å²) < 4.78 is 11.9. The molecular formula is C23H22BrN3O6S. The Labute approximate surface area is 208 Å².